The molecule has 0 saturated carbocycles. The normalized spacial score (nSPS) is 11.4. The largest absolute Gasteiger partial charge is 0.438 e. The van der Waals surface area contributed by atoms with Gasteiger partial charge < -0.3 is 4.74 Å². The summed E-state index contributed by atoms with van der Waals surface area (Å²) in [6, 6.07) is 7.16. The van der Waals surface area contributed by atoms with E-state index in [1.54, 1.807) is 18.2 Å². The van der Waals surface area contributed by atoms with Crippen molar-refractivity contribution in [1.82, 2.24) is 10.2 Å². The lowest BCUT2D eigenvalue weighted by Crippen LogP contribution is -2.08. The van der Waals surface area contributed by atoms with Crippen LogP contribution in [-0.2, 0) is 6.18 Å². The molecule has 1 aromatic carbocycles. The zero-order valence-corrected chi connectivity index (χ0v) is 11.3. The summed E-state index contributed by atoms with van der Waals surface area (Å²) in [6.07, 6.45) is -4.50. The Morgan fingerprint density at radius 2 is 1.84 bits per heavy atom. The minimum absolute atomic E-state index is 0.00900. The van der Waals surface area contributed by atoms with Gasteiger partial charge in [-0.3, -0.25) is 0 Å². The van der Waals surface area contributed by atoms with E-state index in [2.05, 4.69) is 26.1 Å². The van der Waals surface area contributed by atoms with E-state index in [1.165, 1.54) is 0 Å². The van der Waals surface area contributed by atoms with Gasteiger partial charge in [0.15, 0.2) is 5.69 Å². The molecule has 0 radical (unpaired) electrons. The standard InChI is InChI=1S/C12H8BrF3N2O/c1-7-6-8(2-3-9(7)13)19-11-5-4-10(17-18-11)12(14,15)16/h2-6H,1H3. The minimum atomic E-state index is -4.50. The van der Waals surface area contributed by atoms with Crippen LogP contribution in [0.2, 0.25) is 0 Å². The van der Waals surface area contributed by atoms with Crippen molar-refractivity contribution in [3.05, 3.63) is 46.1 Å². The maximum absolute atomic E-state index is 12.3. The maximum atomic E-state index is 12.3. The van der Waals surface area contributed by atoms with Gasteiger partial charge in [0.25, 0.3) is 0 Å². The first kappa shape index (κ1) is 13.8. The van der Waals surface area contributed by atoms with Gasteiger partial charge in [-0.15, -0.1) is 10.2 Å². The Morgan fingerprint density at radius 3 is 2.37 bits per heavy atom. The van der Waals surface area contributed by atoms with Crippen LogP contribution in [0.4, 0.5) is 13.2 Å². The fourth-order valence-electron chi connectivity index (χ4n) is 1.33. The van der Waals surface area contributed by atoms with Gasteiger partial charge in [0, 0.05) is 10.5 Å². The van der Waals surface area contributed by atoms with Crippen molar-refractivity contribution in [1.29, 1.82) is 0 Å². The van der Waals surface area contributed by atoms with Crippen LogP contribution in [0.3, 0.4) is 0 Å². The molecule has 0 atom stereocenters. The number of hydrogen-bond acceptors (Lipinski definition) is 3. The summed E-state index contributed by atoms with van der Waals surface area (Å²) in [5, 5.41) is 6.47. The van der Waals surface area contributed by atoms with Gasteiger partial charge in [0.2, 0.25) is 5.88 Å². The number of ether oxygens (including phenoxy) is 1. The molecule has 100 valence electrons. The predicted octanol–water partition coefficient (Wildman–Crippen LogP) is 4.36. The summed E-state index contributed by atoms with van der Waals surface area (Å²) in [4.78, 5) is 0. The molecule has 0 aliphatic rings. The first-order chi connectivity index (χ1) is 8.86. The number of aryl methyl sites for hydroxylation is 1. The van der Waals surface area contributed by atoms with Crippen molar-refractivity contribution in [2.24, 2.45) is 0 Å². The van der Waals surface area contributed by atoms with Crippen molar-refractivity contribution in [2.45, 2.75) is 13.1 Å². The van der Waals surface area contributed by atoms with Gasteiger partial charge in [-0.05, 0) is 36.8 Å². The molecule has 1 aromatic heterocycles. The lowest BCUT2D eigenvalue weighted by molar-refractivity contribution is -0.141. The van der Waals surface area contributed by atoms with E-state index >= 15 is 0 Å². The summed E-state index contributed by atoms with van der Waals surface area (Å²) in [6.45, 7) is 1.87. The van der Waals surface area contributed by atoms with Gasteiger partial charge in [-0.25, -0.2) is 0 Å². The Labute approximate surface area is 115 Å². The molecule has 0 amide bonds. The fourth-order valence-corrected chi connectivity index (χ4v) is 1.57. The SMILES string of the molecule is Cc1cc(Oc2ccc(C(F)(F)F)nn2)ccc1Br. The van der Waals surface area contributed by atoms with Crippen LogP contribution < -0.4 is 4.74 Å². The van der Waals surface area contributed by atoms with Crippen molar-refractivity contribution >= 4 is 15.9 Å². The lowest BCUT2D eigenvalue weighted by atomic mass is 10.2. The fraction of sp³-hybridized carbons (Fsp3) is 0.167. The molecule has 0 fully saturated rings. The van der Waals surface area contributed by atoms with Crippen molar-refractivity contribution in [3.8, 4) is 11.6 Å². The second-order valence-electron chi connectivity index (χ2n) is 3.77. The molecule has 7 heteroatoms. The zero-order valence-electron chi connectivity index (χ0n) is 9.70. The number of halogens is 4. The number of alkyl halides is 3. The highest BCUT2D eigenvalue weighted by Crippen LogP contribution is 2.29. The number of rotatable bonds is 2. The Kier molecular flexibility index (Phi) is 3.75. The van der Waals surface area contributed by atoms with E-state index in [4.69, 9.17) is 4.74 Å². The highest BCUT2D eigenvalue weighted by atomic mass is 79.9. The summed E-state index contributed by atoms with van der Waals surface area (Å²) < 4.78 is 43.1. The van der Waals surface area contributed by atoms with Gasteiger partial charge >= 0.3 is 6.18 Å². The molecule has 2 aromatic rings. The monoisotopic (exact) mass is 332 g/mol. The number of benzene rings is 1. The van der Waals surface area contributed by atoms with Crippen LogP contribution in [0.15, 0.2) is 34.8 Å². The average molecular weight is 333 g/mol. The van der Waals surface area contributed by atoms with E-state index in [0.29, 0.717) is 5.75 Å². The second-order valence-corrected chi connectivity index (χ2v) is 4.62. The smallest absolute Gasteiger partial charge is 0.435 e. The van der Waals surface area contributed by atoms with Gasteiger partial charge in [0.05, 0.1) is 0 Å². The second kappa shape index (κ2) is 5.16. The molecule has 0 unspecified atom stereocenters. The molecule has 19 heavy (non-hydrogen) atoms. The Morgan fingerprint density at radius 1 is 1.11 bits per heavy atom. The third-order valence-corrected chi connectivity index (χ3v) is 3.17. The third-order valence-electron chi connectivity index (χ3n) is 2.28. The summed E-state index contributed by atoms with van der Waals surface area (Å²) in [5.74, 6) is 0.490. The molecule has 2 rings (SSSR count). The zero-order chi connectivity index (χ0) is 14.0. The Bertz CT molecular complexity index is 585. The quantitative estimate of drug-likeness (QED) is 0.819. The first-order valence-corrected chi connectivity index (χ1v) is 6.00. The van der Waals surface area contributed by atoms with Crippen LogP contribution in [0.5, 0.6) is 11.6 Å². The molecular formula is C12H8BrF3N2O. The Hall–Kier alpha value is -1.63. The first-order valence-electron chi connectivity index (χ1n) is 5.21. The molecule has 0 spiro atoms. The molecular weight excluding hydrogens is 325 g/mol. The van der Waals surface area contributed by atoms with E-state index in [-0.39, 0.29) is 5.88 Å². The van der Waals surface area contributed by atoms with Crippen molar-refractivity contribution in [3.63, 3.8) is 0 Å². The van der Waals surface area contributed by atoms with Crippen LogP contribution in [-0.4, -0.2) is 10.2 Å². The Balaban J connectivity index is 2.17. The van der Waals surface area contributed by atoms with Crippen LogP contribution in [0, 0.1) is 6.92 Å². The number of aromatic nitrogens is 2. The maximum Gasteiger partial charge on any atom is 0.435 e. The molecule has 1 heterocycles. The van der Waals surface area contributed by atoms with E-state index in [9.17, 15) is 13.2 Å². The van der Waals surface area contributed by atoms with E-state index in [0.717, 1.165) is 22.2 Å². The molecule has 0 bridgehead atoms. The highest BCUT2D eigenvalue weighted by Gasteiger charge is 2.32. The molecule has 0 N–H and O–H groups in total. The van der Waals surface area contributed by atoms with E-state index < -0.39 is 11.9 Å². The third kappa shape index (κ3) is 3.44. The predicted molar refractivity (Wildman–Crippen MR) is 66.0 cm³/mol. The van der Waals surface area contributed by atoms with Crippen LogP contribution >= 0.6 is 15.9 Å². The molecule has 0 aliphatic heterocycles. The number of hydrogen-bond donors (Lipinski definition) is 0. The van der Waals surface area contributed by atoms with Crippen molar-refractivity contribution in [2.75, 3.05) is 0 Å². The minimum Gasteiger partial charge on any atom is -0.438 e. The summed E-state index contributed by atoms with van der Waals surface area (Å²) in [7, 11) is 0. The molecule has 3 nitrogen and oxygen atoms in total. The molecule has 0 aliphatic carbocycles. The van der Waals surface area contributed by atoms with Crippen LogP contribution in [0.1, 0.15) is 11.3 Å². The van der Waals surface area contributed by atoms with E-state index in [1.807, 2.05) is 6.92 Å². The average Bonchev–Trinajstić information content (AvgIpc) is 2.33. The topological polar surface area (TPSA) is 35.0 Å². The van der Waals surface area contributed by atoms with Gasteiger partial charge in [0.1, 0.15) is 5.75 Å². The highest BCUT2D eigenvalue weighted by molar-refractivity contribution is 9.10. The summed E-state index contributed by atoms with van der Waals surface area (Å²) >= 11 is 3.34. The van der Waals surface area contributed by atoms with Crippen molar-refractivity contribution < 1.29 is 17.9 Å². The number of nitrogens with zero attached hydrogens (tertiary/aromatic N) is 2. The molecule has 0 saturated heterocycles. The van der Waals surface area contributed by atoms with Gasteiger partial charge in [-0.1, -0.05) is 15.9 Å². The lowest BCUT2D eigenvalue weighted by Gasteiger charge is -2.07. The van der Waals surface area contributed by atoms with Gasteiger partial charge in [-0.2, -0.15) is 13.2 Å². The summed E-state index contributed by atoms with van der Waals surface area (Å²) in [5.41, 5.74) is -0.107. The van der Waals surface area contributed by atoms with Crippen LogP contribution in [0.25, 0.3) is 0 Å².